The fourth-order valence-corrected chi connectivity index (χ4v) is 0.350. The summed E-state index contributed by atoms with van der Waals surface area (Å²) in [6, 6.07) is 0. The van der Waals surface area contributed by atoms with Crippen molar-refractivity contribution in [1.29, 1.82) is 0 Å². The molecule has 0 aromatic heterocycles. The van der Waals surface area contributed by atoms with Crippen molar-refractivity contribution < 1.29 is 9.90 Å². The Balaban J connectivity index is 0. The van der Waals surface area contributed by atoms with Crippen molar-refractivity contribution in [2.45, 2.75) is 33.0 Å². The van der Waals surface area contributed by atoms with Gasteiger partial charge in [0.05, 0.1) is 7.17 Å². The van der Waals surface area contributed by atoms with Crippen molar-refractivity contribution in [3.63, 3.8) is 0 Å². The van der Waals surface area contributed by atoms with Gasteiger partial charge in [0.1, 0.15) is 0 Å². The van der Waals surface area contributed by atoms with E-state index in [4.69, 9.17) is 12.8 Å². The SMILES string of the molecule is CCCC(=O)O.[B][B][B]CC. The molecule has 0 aliphatic rings. The number of carboxylic acids is 1. The molecule has 0 amide bonds. The Morgan fingerprint density at radius 1 is 1.55 bits per heavy atom. The number of rotatable bonds is 4. The first-order valence-corrected chi connectivity index (χ1v) is 3.77. The molecule has 2 nitrogen and oxygen atoms in total. The molecule has 1 N–H and O–H groups in total. The fourth-order valence-electron chi connectivity index (χ4n) is 0.350. The quantitative estimate of drug-likeness (QED) is 0.598. The van der Waals surface area contributed by atoms with Gasteiger partial charge in [0.25, 0.3) is 0 Å². The number of aliphatic carboxylic acids is 1. The molecule has 0 fully saturated rings. The van der Waals surface area contributed by atoms with E-state index in [0.29, 0.717) is 6.42 Å². The number of carbonyl (C=O) groups is 1. The van der Waals surface area contributed by atoms with Crippen molar-refractivity contribution in [1.82, 2.24) is 0 Å². The lowest BCUT2D eigenvalue weighted by Gasteiger charge is -1.79. The zero-order valence-electron chi connectivity index (χ0n) is 7.21. The summed E-state index contributed by atoms with van der Waals surface area (Å²) >= 11 is 0. The van der Waals surface area contributed by atoms with Gasteiger partial charge in [-0.15, -0.1) is 0 Å². The van der Waals surface area contributed by atoms with Gasteiger partial charge in [-0.05, 0) is 6.42 Å². The van der Waals surface area contributed by atoms with E-state index in [-0.39, 0.29) is 0 Å². The van der Waals surface area contributed by atoms with E-state index in [0.717, 1.165) is 12.7 Å². The molecule has 58 valence electrons. The van der Waals surface area contributed by atoms with E-state index in [9.17, 15) is 4.79 Å². The zero-order chi connectivity index (χ0) is 9.11. The summed E-state index contributed by atoms with van der Waals surface area (Å²) in [4.78, 5) is 9.60. The molecule has 0 bridgehead atoms. The average Bonchev–Trinajstić information content (AvgIpc) is 1.90. The molecule has 0 heterocycles. The molecule has 0 rings (SSSR count). The summed E-state index contributed by atoms with van der Waals surface area (Å²) in [6.45, 7) is 3.89. The first-order chi connectivity index (χ1) is 5.18. The van der Waals surface area contributed by atoms with Crippen molar-refractivity contribution in [3.05, 3.63) is 0 Å². The Hall–Kier alpha value is -0.335. The van der Waals surface area contributed by atoms with Gasteiger partial charge in [0.15, 0.2) is 0 Å². The fraction of sp³-hybridized carbons (Fsp3) is 0.833. The molecule has 0 saturated heterocycles. The van der Waals surface area contributed by atoms with E-state index < -0.39 is 5.97 Å². The van der Waals surface area contributed by atoms with Crippen molar-refractivity contribution in [3.8, 4) is 0 Å². The highest BCUT2D eigenvalue weighted by molar-refractivity contribution is 7.23. The Morgan fingerprint density at radius 3 is 2.09 bits per heavy atom. The molecule has 5 heteroatoms. The molecule has 4 radical (unpaired) electrons. The lowest BCUT2D eigenvalue weighted by Crippen LogP contribution is -1.98. The first kappa shape index (κ1) is 13.3. The van der Waals surface area contributed by atoms with Crippen LogP contribution in [0, 0.1) is 0 Å². The molecular weight excluding hydrogens is 136 g/mol. The third-order valence-electron chi connectivity index (χ3n) is 0.836. The minimum Gasteiger partial charge on any atom is -0.481 e. The second-order valence-electron chi connectivity index (χ2n) is 1.98. The van der Waals surface area contributed by atoms with Gasteiger partial charge in [0.2, 0.25) is 0 Å². The molecule has 0 aliphatic heterocycles. The van der Waals surface area contributed by atoms with Gasteiger partial charge in [-0.1, -0.05) is 20.2 Å². The number of hydrogen-bond donors (Lipinski definition) is 1. The smallest absolute Gasteiger partial charge is 0.303 e. The maximum atomic E-state index is 9.60. The predicted molar refractivity (Wildman–Crippen MR) is 50.3 cm³/mol. The number of hydrogen-bond acceptors (Lipinski definition) is 1. The summed E-state index contributed by atoms with van der Waals surface area (Å²) in [5.41, 5.74) is 0. The molecule has 0 saturated carbocycles. The maximum absolute atomic E-state index is 9.60. The lowest BCUT2D eigenvalue weighted by atomic mass is 9.27. The van der Waals surface area contributed by atoms with Crippen LogP contribution in [0.3, 0.4) is 0 Å². The Labute approximate surface area is 71.6 Å². The second kappa shape index (κ2) is 12.4. The van der Waals surface area contributed by atoms with Crippen LogP contribution in [0.2, 0.25) is 6.32 Å². The third kappa shape index (κ3) is 26.1. The van der Waals surface area contributed by atoms with Crippen LogP contribution in [0.15, 0.2) is 0 Å². The first-order valence-electron chi connectivity index (χ1n) is 3.77. The monoisotopic (exact) mass is 150 g/mol. The minimum absolute atomic E-state index is 0.292. The van der Waals surface area contributed by atoms with Crippen LogP contribution in [0.1, 0.15) is 26.7 Å². The van der Waals surface area contributed by atoms with Crippen LogP contribution in [0.4, 0.5) is 0 Å². The van der Waals surface area contributed by atoms with Crippen LogP contribution < -0.4 is 0 Å². The van der Waals surface area contributed by atoms with Crippen molar-refractivity contribution in [2.75, 3.05) is 0 Å². The van der Waals surface area contributed by atoms with Gasteiger partial charge in [-0.3, -0.25) is 4.79 Å². The molecular formula is C6H13B3O2. The predicted octanol–water partition coefficient (Wildman–Crippen LogP) is 0.703. The van der Waals surface area contributed by atoms with E-state index in [1.165, 1.54) is 0 Å². The summed E-state index contributed by atoms with van der Waals surface area (Å²) in [7, 11) is 8.42. The Kier molecular flexibility index (Phi) is 14.9. The standard InChI is InChI=1S/C4H8O2.C2H5B3/c1-2-3-4(5)6;1-2-4-5-3/h2-3H2,1H3,(H,5,6);2H2,1H3. The van der Waals surface area contributed by atoms with Gasteiger partial charge in [0, 0.05) is 21.2 Å². The largest absolute Gasteiger partial charge is 0.481 e. The van der Waals surface area contributed by atoms with E-state index in [1.54, 1.807) is 7.06 Å². The molecule has 11 heavy (non-hydrogen) atoms. The van der Waals surface area contributed by atoms with E-state index >= 15 is 0 Å². The van der Waals surface area contributed by atoms with Gasteiger partial charge in [-0.25, -0.2) is 0 Å². The molecule has 0 spiro atoms. The molecule has 0 unspecified atom stereocenters. The summed E-state index contributed by atoms with van der Waals surface area (Å²) in [5, 5.41) is 7.91. The Bertz CT molecular complexity index is 85.9. The van der Waals surface area contributed by atoms with Crippen LogP contribution in [0.5, 0.6) is 0 Å². The zero-order valence-corrected chi connectivity index (χ0v) is 7.21. The summed E-state index contributed by atoms with van der Waals surface area (Å²) in [6.07, 6.45) is 2.06. The van der Waals surface area contributed by atoms with Crippen LogP contribution in [0.25, 0.3) is 0 Å². The van der Waals surface area contributed by atoms with Crippen molar-refractivity contribution in [2.24, 2.45) is 0 Å². The second-order valence-corrected chi connectivity index (χ2v) is 1.98. The van der Waals surface area contributed by atoms with Gasteiger partial charge >= 0.3 is 5.97 Å². The maximum Gasteiger partial charge on any atom is 0.303 e. The van der Waals surface area contributed by atoms with Crippen LogP contribution in [-0.2, 0) is 4.79 Å². The minimum atomic E-state index is -0.711. The molecule has 0 aromatic carbocycles. The average molecular weight is 150 g/mol. The summed E-state index contributed by atoms with van der Waals surface area (Å²) < 4.78 is 0. The molecule has 0 atom stereocenters. The normalized spacial score (nSPS) is 7.45. The molecule has 0 aromatic rings. The van der Waals surface area contributed by atoms with Crippen molar-refractivity contribution >= 4 is 27.9 Å². The molecule has 0 aliphatic carbocycles. The summed E-state index contributed by atoms with van der Waals surface area (Å²) in [5.74, 6) is -0.711. The highest BCUT2D eigenvalue weighted by Crippen LogP contribution is 1.82. The topological polar surface area (TPSA) is 37.3 Å². The van der Waals surface area contributed by atoms with Gasteiger partial charge in [-0.2, -0.15) is 0 Å². The van der Waals surface area contributed by atoms with Gasteiger partial charge < -0.3 is 5.11 Å². The lowest BCUT2D eigenvalue weighted by molar-refractivity contribution is -0.137. The number of carboxylic acid groups (broad SMARTS) is 1. The van der Waals surface area contributed by atoms with Crippen LogP contribution in [-0.4, -0.2) is 33.0 Å². The van der Waals surface area contributed by atoms with Crippen LogP contribution >= 0.6 is 0 Å². The highest BCUT2D eigenvalue weighted by Gasteiger charge is 1.87. The Morgan fingerprint density at radius 2 is 2.09 bits per heavy atom. The highest BCUT2D eigenvalue weighted by atomic mass is 16.4. The van der Waals surface area contributed by atoms with E-state index in [1.807, 2.05) is 21.0 Å². The third-order valence-corrected chi connectivity index (χ3v) is 0.836. The van der Waals surface area contributed by atoms with E-state index in [2.05, 4.69) is 0 Å².